The number of para-hydroxylation sites is 2. The van der Waals surface area contributed by atoms with E-state index in [-0.39, 0.29) is 29.1 Å². The summed E-state index contributed by atoms with van der Waals surface area (Å²) in [5.41, 5.74) is -0.216. The van der Waals surface area contributed by atoms with Gasteiger partial charge in [0.05, 0.1) is 21.7 Å². The summed E-state index contributed by atoms with van der Waals surface area (Å²) in [4.78, 5) is 34.8. The first-order valence-electron chi connectivity index (χ1n) is 8.16. The normalized spacial score (nSPS) is 10.8. The third kappa shape index (κ3) is 5.81. The van der Waals surface area contributed by atoms with Crippen LogP contribution in [0.1, 0.15) is 36.7 Å². The van der Waals surface area contributed by atoms with Crippen molar-refractivity contribution >= 4 is 23.4 Å². The molecule has 0 spiro atoms. The van der Waals surface area contributed by atoms with Crippen molar-refractivity contribution in [3.63, 3.8) is 0 Å². The third-order valence-electron chi connectivity index (χ3n) is 3.33. The van der Waals surface area contributed by atoms with Crippen molar-refractivity contribution in [2.45, 2.75) is 33.0 Å². The highest BCUT2D eigenvalue weighted by atomic mass is 16.6. The minimum atomic E-state index is -0.722. The molecule has 0 unspecified atom stereocenters. The maximum absolute atomic E-state index is 12.4. The number of nitrogens with zero attached hydrogens (tertiary/aromatic N) is 1. The minimum Gasteiger partial charge on any atom is -0.457 e. The van der Waals surface area contributed by atoms with Crippen molar-refractivity contribution in [1.82, 2.24) is 0 Å². The number of ether oxygens (including phenoxy) is 2. The molecule has 0 saturated heterocycles. The van der Waals surface area contributed by atoms with E-state index in [1.807, 2.05) is 0 Å². The van der Waals surface area contributed by atoms with Crippen molar-refractivity contribution in [3.05, 3.63) is 69.8 Å². The van der Waals surface area contributed by atoms with Crippen LogP contribution in [0.2, 0.25) is 0 Å². The molecule has 2 aromatic carbocycles. The zero-order chi connectivity index (χ0) is 20.0. The molecule has 0 radical (unpaired) electrons. The first kappa shape index (κ1) is 19.9. The first-order valence-corrected chi connectivity index (χ1v) is 8.16. The number of nitro groups is 1. The highest BCUT2D eigenvalue weighted by Gasteiger charge is 2.20. The van der Waals surface area contributed by atoms with Gasteiger partial charge in [-0.2, -0.15) is 0 Å². The second kappa shape index (κ2) is 8.31. The van der Waals surface area contributed by atoms with Crippen LogP contribution in [0, 0.1) is 10.1 Å². The second-order valence-electron chi connectivity index (χ2n) is 6.63. The van der Waals surface area contributed by atoms with Gasteiger partial charge in [-0.25, -0.2) is 9.59 Å². The van der Waals surface area contributed by atoms with Crippen LogP contribution in [-0.4, -0.2) is 22.6 Å². The van der Waals surface area contributed by atoms with Gasteiger partial charge in [-0.15, -0.1) is 0 Å². The molecule has 1 N–H and O–H groups in total. The van der Waals surface area contributed by atoms with E-state index in [4.69, 9.17) is 9.47 Å². The molecule has 2 aromatic rings. The predicted octanol–water partition coefficient (Wildman–Crippen LogP) is 4.30. The molecule has 0 aliphatic heterocycles. The Morgan fingerprint density at radius 3 is 2.37 bits per heavy atom. The number of benzene rings is 2. The van der Waals surface area contributed by atoms with Gasteiger partial charge in [0.15, 0.2) is 0 Å². The number of anilines is 1. The molecule has 0 aliphatic carbocycles. The lowest BCUT2D eigenvalue weighted by molar-refractivity contribution is -0.385. The lowest BCUT2D eigenvalue weighted by Gasteiger charge is -2.20. The van der Waals surface area contributed by atoms with E-state index in [1.165, 1.54) is 30.3 Å². The fourth-order valence-corrected chi connectivity index (χ4v) is 2.22. The van der Waals surface area contributed by atoms with Gasteiger partial charge in [0.2, 0.25) is 0 Å². The van der Waals surface area contributed by atoms with E-state index in [2.05, 4.69) is 5.32 Å². The molecule has 8 nitrogen and oxygen atoms in total. The smallest absolute Gasteiger partial charge is 0.412 e. The van der Waals surface area contributed by atoms with Crippen molar-refractivity contribution in [2.24, 2.45) is 0 Å². The van der Waals surface area contributed by atoms with Crippen LogP contribution < -0.4 is 5.32 Å². The summed E-state index contributed by atoms with van der Waals surface area (Å²) < 4.78 is 10.4. The van der Waals surface area contributed by atoms with Gasteiger partial charge in [0.25, 0.3) is 5.69 Å². The van der Waals surface area contributed by atoms with E-state index >= 15 is 0 Å². The zero-order valence-electron chi connectivity index (χ0n) is 15.2. The Labute approximate surface area is 156 Å². The molecule has 0 aliphatic rings. The number of carbonyl (C=O) groups excluding carboxylic acids is 2. The zero-order valence-corrected chi connectivity index (χ0v) is 15.2. The van der Waals surface area contributed by atoms with Crippen LogP contribution >= 0.6 is 0 Å². The lowest BCUT2D eigenvalue weighted by atomic mass is 10.1. The predicted molar refractivity (Wildman–Crippen MR) is 98.5 cm³/mol. The molecular formula is C19H20N2O6. The van der Waals surface area contributed by atoms with Crippen LogP contribution in [0.4, 0.5) is 16.2 Å². The van der Waals surface area contributed by atoms with E-state index in [9.17, 15) is 19.7 Å². The van der Waals surface area contributed by atoms with E-state index in [1.54, 1.807) is 39.0 Å². The Bertz CT molecular complexity index is 857. The molecular weight excluding hydrogens is 352 g/mol. The lowest BCUT2D eigenvalue weighted by Crippen LogP contribution is -2.27. The summed E-state index contributed by atoms with van der Waals surface area (Å²) in [6.45, 7) is 4.90. The van der Waals surface area contributed by atoms with E-state index < -0.39 is 22.6 Å². The summed E-state index contributed by atoms with van der Waals surface area (Å²) in [6.07, 6.45) is -0.707. The number of nitro benzene ring substituents is 1. The van der Waals surface area contributed by atoms with E-state index in [0.717, 1.165) is 0 Å². The van der Waals surface area contributed by atoms with Crippen LogP contribution in [0.5, 0.6) is 0 Å². The molecule has 0 aromatic heterocycles. The summed E-state index contributed by atoms with van der Waals surface area (Å²) in [5.74, 6) is -0.722. The number of esters is 1. The van der Waals surface area contributed by atoms with Crippen LogP contribution in [0.3, 0.4) is 0 Å². The van der Waals surface area contributed by atoms with Crippen molar-refractivity contribution in [1.29, 1.82) is 0 Å². The number of carbonyl (C=O) groups is 2. The number of rotatable bonds is 5. The standard InChI is InChI=1S/C19H20N2O6/c1-19(2,3)27-18(23)20-15-10-6-5-9-14(15)17(22)26-12-13-8-4-7-11-16(13)21(24)25/h4-11H,12H2,1-3H3,(H,20,23). The Morgan fingerprint density at radius 1 is 1.07 bits per heavy atom. The van der Waals surface area contributed by atoms with Gasteiger partial charge < -0.3 is 9.47 Å². The summed E-state index contributed by atoms with van der Waals surface area (Å²) >= 11 is 0. The number of hydrogen-bond acceptors (Lipinski definition) is 6. The Balaban J connectivity index is 2.11. The summed E-state index contributed by atoms with van der Waals surface area (Å²) in [7, 11) is 0. The average Bonchev–Trinajstić information content (AvgIpc) is 2.58. The minimum absolute atomic E-state index is 0.113. The molecule has 27 heavy (non-hydrogen) atoms. The molecule has 142 valence electrons. The fraction of sp³-hybridized carbons (Fsp3) is 0.263. The highest BCUT2D eigenvalue weighted by molar-refractivity contribution is 5.99. The molecule has 0 atom stereocenters. The third-order valence-corrected chi connectivity index (χ3v) is 3.33. The van der Waals surface area contributed by atoms with Crippen LogP contribution in [0.15, 0.2) is 48.5 Å². The highest BCUT2D eigenvalue weighted by Crippen LogP contribution is 2.21. The molecule has 1 amide bonds. The van der Waals surface area contributed by atoms with Crippen LogP contribution in [0.25, 0.3) is 0 Å². The number of hydrogen-bond donors (Lipinski definition) is 1. The Hall–Kier alpha value is -3.42. The number of nitrogens with one attached hydrogen (secondary N) is 1. The maximum Gasteiger partial charge on any atom is 0.412 e. The summed E-state index contributed by atoms with van der Waals surface area (Å²) in [5, 5.41) is 13.5. The largest absolute Gasteiger partial charge is 0.457 e. The van der Waals surface area contributed by atoms with Gasteiger partial charge in [-0.3, -0.25) is 15.4 Å². The van der Waals surface area contributed by atoms with Gasteiger partial charge in [-0.1, -0.05) is 24.3 Å². The molecule has 2 rings (SSSR count). The maximum atomic E-state index is 12.4. The molecule has 8 heteroatoms. The van der Waals surface area contributed by atoms with Gasteiger partial charge in [-0.05, 0) is 39.0 Å². The number of amides is 1. The molecule has 0 saturated carbocycles. The molecule has 0 fully saturated rings. The second-order valence-corrected chi connectivity index (χ2v) is 6.63. The Kier molecular flexibility index (Phi) is 6.12. The average molecular weight is 372 g/mol. The van der Waals surface area contributed by atoms with Crippen molar-refractivity contribution in [2.75, 3.05) is 5.32 Å². The molecule has 0 heterocycles. The topological polar surface area (TPSA) is 108 Å². The fourth-order valence-electron chi connectivity index (χ4n) is 2.22. The molecule has 0 bridgehead atoms. The van der Waals surface area contributed by atoms with Crippen molar-refractivity contribution in [3.8, 4) is 0 Å². The monoisotopic (exact) mass is 372 g/mol. The summed E-state index contributed by atoms with van der Waals surface area (Å²) in [6, 6.07) is 12.3. The van der Waals surface area contributed by atoms with Gasteiger partial charge >= 0.3 is 12.1 Å². The Morgan fingerprint density at radius 2 is 1.70 bits per heavy atom. The SMILES string of the molecule is CC(C)(C)OC(=O)Nc1ccccc1C(=O)OCc1ccccc1[N+](=O)[O-]. The van der Waals surface area contributed by atoms with E-state index in [0.29, 0.717) is 0 Å². The van der Waals surface area contributed by atoms with Gasteiger partial charge in [0, 0.05) is 6.07 Å². The quantitative estimate of drug-likeness (QED) is 0.476. The van der Waals surface area contributed by atoms with Crippen molar-refractivity contribution < 1.29 is 24.0 Å². The first-order chi connectivity index (χ1) is 12.7. The van der Waals surface area contributed by atoms with Crippen LogP contribution in [-0.2, 0) is 16.1 Å². The van der Waals surface area contributed by atoms with Gasteiger partial charge in [0.1, 0.15) is 12.2 Å².